The van der Waals surface area contributed by atoms with Crippen molar-refractivity contribution in [1.82, 2.24) is 4.31 Å². The third-order valence-corrected chi connectivity index (χ3v) is 5.60. The average molecular weight is 284 g/mol. The first-order valence-electron chi connectivity index (χ1n) is 6.37. The predicted octanol–water partition coefficient (Wildman–Crippen LogP) is 2.78. The number of anilines is 1. The van der Waals surface area contributed by atoms with Crippen LogP contribution >= 0.6 is 0 Å². The number of hydrogen-bond donors (Lipinski definition) is 1. The SMILES string of the molecule is CNc1ccccc1S(=O)(=O)N(C)C(C)C(C)(C)C. The Morgan fingerprint density at radius 1 is 1.21 bits per heavy atom. The lowest BCUT2D eigenvalue weighted by Gasteiger charge is -2.34. The maximum absolute atomic E-state index is 12.7. The molecule has 0 aromatic heterocycles. The molecule has 19 heavy (non-hydrogen) atoms. The van der Waals surface area contributed by atoms with Crippen LogP contribution in [0.3, 0.4) is 0 Å². The largest absolute Gasteiger partial charge is 0.387 e. The van der Waals surface area contributed by atoms with Crippen molar-refractivity contribution in [2.24, 2.45) is 5.41 Å². The minimum atomic E-state index is -3.49. The third-order valence-electron chi connectivity index (χ3n) is 3.61. The summed E-state index contributed by atoms with van der Waals surface area (Å²) in [6.45, 7) is 8.04. The monoisotopic (exact) mass is 284 g/mol. The molecule has 1 rings (SSSR count). The second kappa shape index (κ2) is 5.51. The zero-order chi connectivity index (χ0) is 14.8. The third kappa shape index (κ3) is 3.28. The molecule has 0 saturated carbocycles. The predicted molar refractivity (Wildman–Crippen MR) is 79.9 cm³/mol. The first-order chi connectivity index (χ1) is 8.62. The Morgan fingerprint density at radius 3 is 2.21 bits per heavy atom. The van der Waals surface area contributed by atoms with E-state index >= 15 is 0 Å². The van der Waals surface area contributed by atoms with E-state index in [-0.39, 0.29) is 11.5 Å². The molecule has 0 heterocycles. The van der Waals surface area contributed by atoms with Crippen LogP contribution in [0.2, 0.25) is 0 Å². The van der Waals surface area contributed by atoms with Crippen molar-refractivity contribution >= 4 is 15.7 Å². The number of hydrogen-bond acceptors (Lipinski definition) is 3. The normalized spacial score (nSPS) is 14.5. The first kappa shape index (κ1) is 16.0. The maximum Gasteiger partial charge on any atom is 0.245 e. The highest BCUT2D eigenvalue weighted by molar-refractivity contribution is 7.89. The van der Waals surface area contributed by atoms with Gasteiger partial charge in [0, 0.05) is 20.1 Å². The van der Waals surface area contributed by atoms with Gasteiger partial charge in [0.2, 0.25) is 10.0 Å². The van der Waals surface area contributed by atoms with Gasteiger partial charge in [0.25, 0.3) is 0 Å². The van der Waals surface area contributed by atoms with Gasteiger partial charge in [-0.2, -0.15) is 4.31 Å². The lowest BCUT2D eigenvalue weighted by Crippen LogP contribution is -2.43. The molecule has 108 valence electrons. The number of sulfonamides is 1. The van der Waals surface area contributed by atoms with Crippen molar-refractivity contribution in [3.8, 4) is 0 Å². The standard InChI is InChI=1S/C14H24N2O2S/c1-11(14(2,3)4)16(6)19(17,18)13-10-8-7-9-12(13)15-5/h7-11,15H,1-6H3. The highest BCUT2D eigenvalue weighted by Gasteiger charge is 2.33. The fraction of sp³-hybridized carbons (Fsp3) is 0.571. The van der Waals surface area contributed by atoms with Crippen LogP contribution in [0.5, 0.6) is 0 Å². The molecular weight excluding hydrogens is 260 g/mol. The van der Waals surface area contributed by atoms with Gasteiger partial charge < -0.3 is 5.32 Å². The van der Waals surface area contributed by atoms with E-state index in [2.05, 4.69) is 5.32 Å². The van der Waals surface area contributed by atoms with Gasteiger partial charge in [-0.25, -0.2) is 8.42 Å². The van der Waals surface area contributed by atoms with E-state index in [1.54, 1.807) is 32.3 Å². The van der Waals surface area contributed by atoms with E-state index < -0.39 is 10.0 Å². The van der Waals surface area contributed by atoms with E-state index in [1.165, 1.54) is 4.31 Å². The van der Waals surface area contributed by atoms with Crippen molar-refractivity contribution in [3.63, 3.8) is 0 Å². The molecule has 0 spiro atoms. The van der Waals surface area contributed by atoms with Crippen LogP contribution < -0.4 is 5.32 Å². The minimum Gasteiger partial charge on any atom is -0.387 e. The zero-order valence-electron chi connectivity index (χ0n) is 12.6. The number of rotatable bonds is 4. The van der Waals surface area contributed by atoms with Gasteiger partial charge in [0.15, 0.2) is 0 Å². The molecule has 0 radical (unpaired) electrons. The number of nitrogens with zero attached hydrogens (tertiary/aromatic N) is 1. The van der Waals surface area contributed by atoms with E-state index in [1.807, 2.05) is 33.8 Å². The van der Waals surface area contributed by atoms with Gasteiger partial charge in [0.05, 0.1) is 5.69 Å². The van der Waals surface area contributed by atoms with Gasteiger partial charge >= 0.3 is 0 Å². The van der Waals surface area contributed by atoms with Crippen LogP contribution in [0.25, 0.3) is 0 Å². The Bertz CT molecular complexity index is 533. The summed E-state index contributed by atoms with van der Waals surface area (Å²) in [5.41, 5.74) is 0.506. The second-order valence-corrected chi connectivity index (χ2v) is 7.78. The molecule has 0 aliphatic rings. The first-order valence-corrected chi connectivity index (χ1v) is 7.81. The van der Waals surface area contributed by atoms with Gasteiger partial charge in [-0.15, -0.1) is 0 Å². The Labute approximate surface area is 116 Å². The van der Waals surface area contributed by atoms with Crippen molar-refractivity contribution in [2.45, 2.75) is 38.6 Å². The summed E-state index contributed by atoms with van der Waals surface area (Å²) >= 11 is 0. The average Bonchev–Trinajstić information content (AvgIpc) is 2.35. The molecule has 0 saturated heterocycles. The number of para-hydroxylation sites is 1. The molecule has 0 aliphatic heterocycles. The van der Waals surface area contributed by atoms with Crippen molar-refractivity contribution in [3.05, 3.63) is 24.3 Å². The molecule has 0 amide bonds. The van der Waals surface area contributed by atoms with E-state index in [0.29, 0.717) is 10.6 Å². The lowest BCUT2D eigenvalue weighted by atomic mass is 9.88. The van der Waals surface area contributed by atoms with Crippen LogP contribution in [0, 0.1) is 5.41 Å². The van der Waals surface area contributed by atoms with Gasteiger partial charge in [0.1, 0.15) is 4.90 Å². The molecule has 1 unspecified atom stereocenters. The van der Waals surface area contributed by atoms with Crippen LogP contribution in [0.4, 0.5) is 5.69 Å². The molecule has 1 aromatic carbocycles. The van der Waals surface area contributed by atoms with E-state index in [0.717, 1.165) is 0 Å². The molecule has 1 aromatic rings. The minimum absolute atomic E-state index is 0.0950. The molecule has 0 fully saturated rings. The van der Waals surface area contributed by atoms with Gasteiger partial charge in [-0.1, -0.05) is 32.9 Å². The molecule has 0 aliphatic carbocycles. The molecular formula is C14H24N2O2S. The van der Waals surface area contributed by atoms with E-state index in [4.69, 9.17) is 0 Å². The van der Waals surface area contributed by atoms with Crippen LogP contribution in [-0.2, 0) is 10.0 Å². The summed E-state index contributed by atoms with van der Waals surface area (Å²) in [4.78, 5) is 0.316. The quantitative estimate of drug-likeness (QED) is 0.925. The summed E-state index contributed by atoms with van der Waals surface area (Å²) in [5.74, 6) is 0. The molecule has 0 bridgehead atoms. The van der Waals surface area contributed by atoms with Gasteiger partial charge in [-0.3, -0.25) is 0 Å². The Kier molecular flexibility index (Phi) is 4.63. The van der Waals surface area contributed by atoms with E-state index in [9.17, 15) is 8.42 Å². The fourth-order valence-electron chi connectivity index (χ4n) is 1.81. The molecule has 5 heteroatoms. The smallest absolute Gasteiger partial charge is 0.245 e. The molecule has 4 nitrogen and oxygen atoms in total. The second-order valence-electron chi connectivity index (χ2n) is 5.81. The number of nitrogens with one attached hydrogen (secondary N) is 1. The summed E-state index contributed by atoms with van der Waals surface area (Å²) in [6.07, 6.45) is 0. The molecule has 1 N–H and O–H groups in total. The summed E-state index contributed by atoms with van der Waals surface area (Å²) in [5, 5.41) is 2.93. The van der Waals surface area contributed by atoms with Gasteiger partial charge in [-0.05, 0) is 24.5 Å². The molecule has 1 atom stereocenters. The van der Waals surface area contributed by atoms with Crippen molar-refractivity contribution < 1.29 is 8.42 Å². The Hall–Kier alpha value is -1.07. The number of benzene rings is 1. The Morgan fingerprint density at radius 2 is 1.74 bits per heavy atom. The maximum atomic E-state index is 12.7. The summed E-state index contributed by atoms with van der Waals surface area (Å²) < 4.78 is 26.8. The topological polar surface area (TPSA) is 49.4 Å². The highest BCUT2D eigenvalue weighted by atomic mass is 32.2. The highest BCUT2D eigenvalue weighted by Crippen LogP contribution is 2.30. The summed E-state index contributed by atoms with van der Waals surface area (Å²) in [6, 6.07) is 6.86. The van der Waals surface area contributed by atoms with Crippen LogP contribution in [0.15, 0.2) is 29.2 Å². The zero-order valence-corrected chi connectivity index (χ0v) is 13.4. The Balaban J connectivity index is 3.25. The van der Waals surface area contributed by atoms with Crippen molar-refractivity contribution in [2.75, 3.05) is 19.4 Å². The van der Waals surface area contributed by atoms with Crippen molar-refractivity contribution in [1.29, 1.82) is 0 Å². The summed E-state index contributed by atoms with van der Waals surface area (Å²) in [7, 11) is -0.133. The lowest BCUT2D eigenvalue weighted by molar-refractivity contribution is 0.216. The van der Waals surface area contributed by atoms with Crippen LogP contribution in [0.1, 0.15) is 27.7 Å². The van der Waals surface area contributed by atoms with Crippen LogP contribution in [-0.4, -0.2) is 32.9 Å². The fourth-order valence-corrected chi connectivity index (χ4v) is 3.55.